The molecule has 2 N–H and O–H groups in total. The summed E-state index contributed by atoms with van der Waals surface area (Å²) in [6, 6.07) is 6.66. The number of ether oxygens (including phenoxy) is 1. The third kappa shape index (κ3) is 3.78. The lowest BCUT2D eigenvalue weighted by molar-refractivity contribution is -0.153. The van der Waals surface area contributed by atoms with Crippen LogP contribution in [0.4, 0.5) is 0 Å². The first kappa shape index (κ1) is 14.1. The molecule has 0 aliphatic rings. The summed E-state index contributed by atoms with van der Waals surface area (Å²) in [7, 11) is 0. The number of nitrogens with two attached hydrogens (primary N) is 1. The lowest BCUT2D eigenvalue weighted by Crippen LogP contribution is -2.20. The van der Waals surface area contributed by atoms with Crippen LogP contribution >= 0.6 is 0 Å². The Morgan fingerprint density at radius 3 is 2.61 bits per heavy atom. The lowest BCUT2D eigenvalue weighted by Gasteiger charge is -2.03. The smallest absolute Gasteiger partial charge is 0.375 e. The van der Waals surface area contributed by atoms with Crippen LogP contribution in [0.3, 0.4) is 0 Å². The SMILES string of the molecule is CCOC(=O)C(=O)CC(=O)c1cccc(CN)c1. The van der Waals surface area contributed by atoms with Crippen LogP contribution in [-0.2, 0) is 20.9 Å². The maximum atomic E-state index is 11.8. The first-order valence-electron chi connectivity index (χ1n) is 5.60. The van der Waals surface area contributed by atoms with Crippen LogP contribution in [0.2, 0.25) is 0 Å². The first-order chi connectivity index (χ1) is 8.58. The summed E-state index contributed by atoms with van der Waals surface area (Å²) in [4.78, 5) is 34.2. The minimum atomic E-state index is -0.971. The lowest BCUT2D eigenvalue weighted by atomic mass is 10.0. The molecule has 1 rings (SSSR count). The van der Waals surface area contributed by atoms with E-state index < -0.39 is 24.0 Å². The van der Waals surface area contributed by atoms with E-state index in [0.717, 1.165) is 5.56 Å². The Hall–Kier alpha value is -2.01. The monoisotopic (exact) mass is 249 g/mol. The van der Waals surface area contributed by atoms with Gasteiger partial charge in [-0.1, -0.05) is 18.2 Å². The number of hydrogen-bond donors (Lipinski definition) is 1. The average molecular weight is 249 g/mol. The van der Waals surface area contributed by atoms with Gasteiger partial charge in [0.05, 0.1) is 13.0 Å². The van der Waals surface area contributed by atoms with Crippen molar-refractivity contribution in [2.45, 2.75) is 19.9 Å². The zero-order valence-electron chi connectivity index (χ0n) is 10.1. The molecule has 1 aromatic carbocycles. The van der Waals surface area contributed by atoms with Gasteiger partial charge in [0.25, 0.3) is 0 Å². The Morgan fingerprint density at radius 1 is 1.28 bits per heavy atom. The van der Waals surface area contributed by atoms with Crippen LogP contribution in [0.1, 0.15) is 29.3 Å². The largest absolute Gasteiger partial charge is 0.460 e. The fourth-order valence-corrected chi connectivity index (χ4v) is 1.40. The highest BCUT2D eigenvalue weighted by Gasteiger charge is 2.19. The molecular weight excluding hydrogens is 234 g/mol. The van der Waals surface area contributed by atoms with E-state index >= 15 is 0 Å². The van der Waals surface area contributed by atoms with Crippen molar-refractivity contribution < 1.29 is 19.1 Å². The van der Waals surface area contributed by atoms with Gasteiger partial charge in [0.1, 0.15) is 0 Å². The van der Waals surface area contributed by atoms with Crippen molar-refractivity contribution in [1.29, 1.82) is 0 Å². The van der Waals surface area contributed by atoms with E-state index in [1.54, 1.807) is 31.2 Å². The van der Waals surface area contributed by atoms with Crippen LogP contribution in [0.5, 0.6) is 0 Å². The molecule has 0 bridgehead atoms. The van der Waals surface area contributed by atoms with Crippen molar-refractivity contribution >= 4 is 17.5 Å². The summed E-state index contributed by atoms with van der Waals surface area (Å²) >= 11 is 0. The van der Waals surface area contributed by atoms with Gasteiger partial charge in [-0.3, -0.25) is 9.59 Å². The molecule has 0 heterocycles. The van der Waals surface area contributed by atoms with Crippen LogP contribution < -0.4 is 5.73 Å². The summed E-state index contributed by atoms with van der Waals surface area (Å²) in [6.07, 6.45) is -0.479. The molecule has 5 heteroatoms. The molecule has 0 saturated carbocycles. The summed E-state index contributed by atoms with van der Waals surface area (Å²) in [6.45, 7) is 2.02. The van der Waals surface area contributed by atoms with Gasteiger partial charge in [0.2, 0.25) is 5.78 Å². The highest BCUT2D eigenvalue weighted by Crippen LogP contribution is 2.08. The predicted molar refractivity (Wildman–Crippen MR) is 64.9 cm³/mol. The molecule has 0 amide bonds. The van der Waals surface area contributed by atoms with Gasteiger partial charge in [-0.2, -0.15) is 0 Å². The van der Waals surface area contributed by atoms with Gasteiger partial charge in [0.15, 0.2) is 5.78 Å². The molecule has 0 radical (unpaired) electrons. The first-order valence-corrected chi connectivity index (χ1v) is 5.60. The number of benzene rings is 1. The molecule has 1 aromatic rings. The quantitative estimate of drug-likeness (QED) is 0.349. The van der Waals surface area contributed by atoms with Crippen molar-refractivity contribution in [3.63, 3.8) is 0 Å². The Kier molecular flexibility index (Phi) is 5.20. The van der Waals surface area contributed by atoms with Crippen molar-refractivity contribution in [1.82, 2.24) is 0 Å². The minimum absolute atomic E-state index is 0.113. The fourth-order valence-electron chi connectivity index (χ4n) is 1.40. The number of carbonyl (C=O) groups excluding carboxylic acids is 3. The number of esters is 1. The van der Waals surface area contributed by atoms with Gasteiger partial charge >= 0.3 is 5.97 Å². The molecule has 5 nitrogen and oxygen atoms in total. The van der Waals surface area contributed by atoms with Crippen molar-refractivity contribution in [2.24, 2.45) is 5.73 Å². The van der Waals surface area contributed by atoms with Crippen molar-refractivity contribution in [3.05, 3.63) is 35.4 Å². The number of hydrogen-bond acceptors (Lipinski definition) is 5. The molecule has 0 fully saturated rings. The molecule has 0 unspecified atom stereocenters. The number of Topliss-reactive ketones (excluding diaryl/α,β-unsaturated/α-hetero) is 2. The second-order valence-electron chi connectivity index (χ2n) is 3.65. The van der Waals surface area contributed by atoms with Crippen LogP contribution in [0, 0.1) is 0 Å². The van der Waals surface area contributed by atoms with Crippen LogP contribution in [-0.4, -0.2) is 24.1 Å². The molecule has 0 aliphatic heterocycles. The predicted octanol–water partition coefficient (Wildman–Crippen LogP) is 0.850. The van der Waals surface area contributed by atoms with Gasteiger partial charge in [0, 0.05) is 12.1 Å². The average Bonchev–Trinajstić information content (AvgIpc) is 2.39. The zero-order chi connectivity index (χ0) is 13.5. The van der Waals surface area contributed by atoms with E-state index in [9.17, 15) is 14.4 Å². The zero-order valence-corrected chi connectivity index (χ0v) is 10.1. The van der Waals surface area contributed by atoms with Gasteiger partial charge in [-0.15, -0.1) is 0 Å². The van der Waals surface area contributed by atoms with E-state index in [4.69, 9.17) is 5.73 Å². The standard InChI is InChI=1S/C13H15NO4/c1-2-18-13(17)12(16)7-11(15)10-5-3-4-9(6-10)8-14/h3-6H,2,7-8,14H2,1H3. The summed E-state index contributed by atoms with van der Waals surface area (Å²) < 4.78 is 4.52. The molecule has 96 valence electrons. The van der Waals surface area contributed by atoms with Gasteiger partial charge in [-0.25, -0.2) is 4.79 Å². The van der Waals surface area contributed by atoms with E-state index in [0.29, 0.717) is 12.1 Å². The normalized spacial score (nSPS) is 9.89. The Bertz CT molecular complexity index is 468. The maximum absolute atomic E-state index is 11.8. The molecular formula is C13H15NO4. The van der Waals surface area contributed by atoms with E-state index in [-0.39, 0.29) is 6.61 Å². The fraction of sp³-hybridized carbons (Fsp3) is 0.308. The summed E-state index contributed by atoms with van der Waals surface area (Å²) in [5.41, 5.74) is 6.62. The summed E-state index contributed by atoms with van der Waals surface area (Å²) in [5.74, 6) is -2.22. The minimum Gasteiger partial charge on any atom is -0.460 e. The topological polar surface area (TPSA) is 86.5 Å². The van der Waals surface area contributed by atoms with Gasteiger partial charge in [-0.05, 0) is 18.6 Å². The number of rotatable bonds is 6. The van der Waals surface area contributed by atoms with Crippen LogP contribution in [0.25, 0.3) is 0 Å². The number of ketones is 2. The third-order valence-corrected chi connectivity index (χ3v) is 2.31. The van der Waals surface area contributed by atoms with E-state index in [2.05, 4.69) is 4.74 Å². The Labute approximate surface area is 105 Å². The number of carbonyl (C=O) groups is 3. The summed E-state index contributed by atoms with van der Waals surface area (Å²) in [5, 5.41) is 0. The van der Waals surface area contributed by atoms with Gasteiger partial charge < -0.3 is 10.5 Å². The highest BCUT2D eigenvalue weighted by molar-refractivity contribution is 6.38. The second-order valence-corrected chi connectivity index (χ2v) is 3.65. The molecule has 0 atom stereocenters. The molecule has 0 saturated heterocycles. The highest BCUT2D eigenvalue weighted by atomic mass is 16.5. The van der Waals surface area contributed by atoms with Crippen molar-refractivity contribution in [2.75, 3.05) is 6.61 Å². The molecule has 0 spiro atoms. The molecule has 18 heavy (non-hydrogen) atoms. The third-order valence-electron chi connectivity index (χ3n) is 2.31. The Balaban J connectivity index is 2.70. The second kappa shape index (κ2) is 6.66. The van der Waals surface area contributed by atoms with E-state index in [1.165, 1.54) is 0 Å². The van der Waals surface area contributed by atoms with E-state index in [1.807, 2.05) is 0 Å². The van der Waals surface area contributed by atoms with Crippen molar-refractivity contribution in [3.8, 4) is 0 Å². The Morgan fingerprint density at radius 2 is 2.00 bits per heavy atom. The molecule has 0 aromatic heterocycles. The molecule has 0 aliphatic carbocycles. The maximum Gasteiger partial charge on any atom is 0.375 e. The van der Waals surface area contributed by atoms with Crippen LogP contribution in [0.15, 0.2) is 24.3 Å².